The Balaban J connectivity index is 1.59. The summed E-state index contributed by atoms with van der Waals surface area (Å²) in [5.41, 5.74) is 1.70. The molecule has 1 atom stereocenters. The van der Waals surface area contributed by atoms with Crippen LogP contribution in [0, 0.1) is 0 Å². The summed E-state index contributed by atoms with van der Waals surface area (Å²) in [6.45, 7) is 0. The number of rotatable bonds is 12. The van der Waals surface area contributed by atoms with Gasteiger partial charge in [-0.25, -0.2) is 18.0 Å². The van der Waals surface area contributed by atoms with Gasteiger partial charge in [0.2, 0.25) is 10.0 Å². The molecule has 0 aliphatic heterocycles. The first-order valence-corrected chi connectivity index (χ1v) is 16.9. The van der Waals surface area contributed by atoms with E-state index in [9.17, 15) is 26.4 Å². The summed E-state index contributed by atoms with van der Waals surface area (Å²) in [7, 11) is -8.69. The summed E-state index contributed by atoms with van der Waals surface area (Å²) in [6, 6.07) is 28.8. The number of benzene rings is 5. The van der Waals surface area contributed by atoms with Gasteiger partial charge in [0.25, 0.3) is 0 Å². The molecule has 3 N–H and O–H groups in total. The lowest BCUT2D eigenvalue weighted by molar-refractivity contribution is -0.132. The minimum absolute atomic E-state index is 0.0988. The number of nitrogens with one attached hydrogen (secondary N) is 1. The van der Waals surface area contributed by atoms with Crippen molar-refractivity contribution in [1.29, 1.82) is 0 Å². The zero-order chi connectivity index (χ0) is 33.6. The molecule has 0 saturated carbocycles. The third kappa shape index (κ3) is 8.00. The molecule has 5 aromatic rings. The SMILES string of the molecule is O=C(O)/C=C/c1ccc(S(=O)(=O)N[C@@H](c2ccccc2)c2c(OS(=O)(=O)c3ccc(/C=C/C(=O)O)cc3)ccc3ccccc23)cc1. The lowest BCUT2D eigenvalue weighted by Crippen LogP contribution is -2.30. The quantitative estimate of drug-likeness (QED) is 0.109. The minimum atomic E-state index is -4.45. The molecule has 5 aromatic carbocycles. The molecule has 5 rings (SSSR count). The molecule has 0 aromatic heterocycles. The average molecular weight is 670 g/mol. The van der Waals surface area contributed by atoms with E-state index in [1.54, 1.807) is 60.7 Å². The average Bonchev–Trinajstić information content (AvgIpc) is 3.06. The van der Waals surface area contributed by atoms with E-state index in [0.29, 0.717) is 27.5 Å². The lowest BCUT2D eigenvalue weighted by Gasteiger charge is -2.24. The first-order valence-electron chi connectivity index (χ1n) is 14.0. The molecular weight excluding hydrogens is 643 g/mol. The summed E-state index contributed by atoms with van der Waals surface area (Å²) in [5, 5.41) is 19.0. The number of sulfonamides is 1. The van der Waals surface area contributed by atoms with Gasteiger partial charge in [-0.1, -0.05) is 84.9 Å². The van der Waals surface area contributed by atoms with Crippen molar-refractivity contribution in [3.63, 3.8) is 0 Å². The predicted molar refractivity (Wildman–Crippen MR) is 177 cm³/mol. The Kier molecular flexibility index (Phi) is 9.66. The van der Waals surface area contributed by atoms with Crippen LogP contribution in [0.3, 0.4) is 0 Å². The van der Waals surface area contributed by atoms with Gasteiger partial charge in [0, 0.05) is 17.7 Å². The second-order valence-electron chi connectivity index (χ2n) is 10.2. The molecule has 12 heteroatoms. The van der Waals surface area contributed by atoms with Crippen LogP contribution in [0.2, 0.25) is 0 Å². The van der Waals surface area contributed by atoms with E-state index >= 15 is 0 Å². The number of hydrogen-bond donors (Lipinski definition) is 3. The number of aliphatic carboxylic acids is 2. The summed E-state index contributed by atoms with van der Waals surface area (Å²) < 4.78 is 63.2. The summed E-state index contributed by atoms with van der Waals surface area (Å²) >= 11 is 0. The maximum Gasteiger partial charge on any atom is 0.339 e. The van der Waals surface area contributed by atoms with E-state index < -0.39 is 38.1 Å². The van der Waals surface area contributed by atoms with Crippen LogP contribution in [0.1, 0.15) is 28.3 Å². The van der Waals surface area contributed by atoms with E-state index in [1.807, 2.05) is 0 Å². The van der Waals surface area contributed by atoms with Gasteiger partial charge in [-0.15, -0.1) is 0 Å². The molecule has 0 aliphatic rings. The molecule has 0 fully saturated rings. The fourth-order valence-electron chi connectivity index (χ4n) is 4.81. The molecular formula is C35H27NO9S2. The van der Waals surface area contributed by atoms with Gasteiger partial charge in [-0.2, -0.15) is 13.1 Å². The van der Waals surface area contributed by atoms with Gasteiger partial charge >= 0.3 is 22.1 Å². The molecule has 0 bridgehead atoms. The third-order valence-corrected chi connectivity index (χ3v) is 9.71. The largest absolute Gasteiger partial charge is 0.478 e. The molecule has 0 aliphatic carbocycles. The van der Waals surface area contributed by atoms with Gasteiger partial charge in [-0.05, 0) is 69.9 Å². The van der Waals surface area contributed by atoms with Gasteiger partial charge in [0.05, 0.1) is 10.9 Å². The van der Waals surface area contributed by atoms with Crippen LogP contribution in [-0.4, -0.2) is 39.0 Å². The molecule has 238 valence electrons. The standard InChI is InChI=1S/C35H27NO9S2/c37-32(38)22-14-24-10-17-28(18-11-24)46(41,42)36-35(27-7-2-1-3-8-27)34-30-9-5-4-6-26(30)16-21-31(34)45-47(43,44)29-19-12-25(13-20-29)15-23-33(39)40/h1-23,35-36H,(H,37,38)(H,39,40)/b22-14+,23-15+/t35-/m0/s1. The Labute approximate surface area is 271 Å². The van der Waals surface area contributed by atoms with Gasteiger partial charge in [0.15, 0.2) is 0 Å². The highest BCUT2D eigenvalue weighted by molar-refractivity contribution is 7.89. The summed E-state index contributed by atoms with van der Waals surface area (Å²) in [4.78, 5) is 21.4. The number of carboxylic acids is 2. The highest BCUT2D eigenvalue weighted by Gasteiger charge is 2.29. The molecule has 10 nitrogen and oxygen atoms in total. The summed E-state index contributed by atoms with van der Waals surface area (Å²) in [5.74, 6) is -2.40. The molecule has 0 amide bonds. The maximum absolute atomic E-state index is 13.8. The Morgan fingerprint density at radius 2 is 1.17 bits per heavy atom. The zero-order valence-corrected chi connectivity index (χ0v) is 26.1. The van der Waals surface area contributed by atoms with Crippen molar-refractivity contribution < 1.29 is 40.8 Å². The fraction of sp³-hybridized carbons (Fsp3) is 0.0286. The monoisotopic (exact) mass is 669 g/mol. The highest BCUT2D eigenvalue weighted by Crippen LogP contribution is 2.38. The van der Waals surface area contributed by atoms with E-state index in [4.69, 9.17) is 14.4 Å². The van der Waals surface area contributed by atoms with Crippen LogP contribution in [-0.2, 0) is 29.7 Å². The van der Waals surface area contributed by atoms with Crippen LogP contribution < -0.4 is 8.91 Å². The van der Waals surface area contributed by atoms with Crippen molar-refractivity contribution in [2.75, 3.05) is 0 Å². The molecule has 0 saturated heterocycles. The smallest absolute Gasteiger partial charge is 0.339 e. The van der Waals surface area contributed by atoms with Crippen LogP contribution in [0.15, 0.2) is 137 Å². The summed E-state index contributed by atoms with van der Waals surface area (Å²) in [6.07, 6.45) is 4.52. The van der Waals surface area contributed by atoms with Crippen molar-refractivity contribution in [3.05, 3.63) is 150 Å². The van der Waals surface area contributed by atoms with Gasteiger partial charge in [-0.3, -0.25) is 0 Å². The van der Waals surface area contributed by atoms with Crippen molar-refractivity contribution in [1.82, 2.24) is 4.72 Å². The number of carbonyl (C=O) groups is 2. The van der Waals surface area contributed by atoms with Crippen LogP contribution in [0.4, 0.5) is 0 Å². The molecule has 47 heavy (non-hydrogen) atoms. The van der Waals surface area contributed by atoms with Gasteiger partial charge in [0.1, 0.15) is 10.6 Å². The minimum Gasteiger partial charge on any atom is -0.478 e. The van der Waals surface area contributed by atoms with E-state index in [0.717, 1.165) is 12.2 Å². The molecule has 0 heterocycles. The Bertz CT molecular complexity index is 2210. The Hall–Kier alpha value is -5.56. The van der Waals surface area contributed by atoms with Crippen LogP contribution >= 0.6 is 0 Å². The molecule has 0 radical (unpaired) electrons. The first-order chi connectivity index (χ1) is 22.4. The highest BCUT2D eigenvalue weighted by atomic mass is 32.2. The third-order valence-electron chi connectivity index (χ3n) is 7.02. The fourth-order valence-corrected chi connectivity index (χ4v) is 6.96. The van der Waals surface area contributed by atoms with E-state index in [-0.39, 0.29) is 21.1 Å². The zero-order valence-electron chi connectivity index (χ0n) is 24.4. The van der Waals surface area contributed by atoms with Crippen molar-refractivity contribution >= 4 is 55.0 Å². The van der Waals surface area contributed by atoms with Crippen LogP contribution in [0.5, 0.6) is 5.75 Å². The van der Waals surface area contributed by atoms with E-state index in [2.05, 4.69) is 4.72 Å². The van der Waals surface area contributed by atoms with Gasteiger partial charge < -0.3 is 14.4 Å². The maximum atomic E-state index is 13.8. The molecule has 0 unspecified atom stereocenters. The first kappa shape index (κ1) is 32.8. The topological polar surface area (TPSA) is 164 Å². The lowest BCUT2D eigenvalue weighted by atomic mass is 9.93. The Morgan fingerprint density at radius 1 is 0.638 bits per heavy atom. The number of hydrogen-bond acceptors (Lipinski definition) is 7. The van der Waals surface area contributed by atoms with Crippen molar-refractivity contribution in [2.45, 2.75) is 15.8 Å². The van der Waals surface area contributed by atoms with Crippen molar-refractivity contribution in [3.8, 4) is 5.75 Å². The second-order valence-corrected chi connectivity index (χ2v) is 13.4. The number of carboxylic acid groups (broad SMARTS) is 2. The molecule has 0 spiro atoms. The second kappa shape index (κ2) is 13.8. The normalized spacial score (nSPS) is 12.8. The predicted octanol–water partition coefficient (Wildman–Crippen LogP) is 5.87. The Morgan fingerprint density at radius 3 is 1.74 bits per heavy atom. The number of fused-ring (bicyclic) bond motifs is 1. The van der Waals surface area contributed by atoms with E-state index in [1.165, 1.54) is 66.7 Å². The van der Waals surface area contributed by atoms with Crippen molar-refractivity contribution in [2.24, 2.45) is 0 Å². The van der Waals surface area contributed by atoms with Crippen LogP contribution in [0.25, 0.3) is 22.9 Å².